The van der Waals surface area contributed by atoms with E-state index in [1.807, 2.05) is 0 Å². The zero-order chi connectivity index (χ0) is 14.2. The van der Waals surface area contributed by atoms with E-state index in [0.717, 1.165) is 0 Å². The fraction of sp³-hybridized carbons (Fsp3) is 0.0769. The van der Waals surface area contributed by atoms with Crippen molar-refractivity contribution in [3.8, 4) is 0 Å². The summed E-state index contributed by atoms with van der Waals surface area (Å²) in [5.74, 6) is -3.63. The van der Waals surface area contributed by atoms with Gasteiger partial charge in [0.15, 0.2) is 11.6 Å². The number of aliphatic hydroxyl groups excluding tert-OH is 1. The summed E-state index contributed by atoms with van der Waals surface area (Å²) >= 11 is 11.6. The molecule has 0 heterocycles. The Hall–Kier alpha value is -1.23. The first kappa shape index (κ1) is 14.2. The van der Waals surface area contributed by atoms with Crippen LogP contribution in [0.5, 0.6) is 0 Å². The quantitative estimate of drug-likeness (QED) is 0.810. The molecule has 0 saturated heterocycles. The van der Waals surface area contributed by atoms with E-state index >= 15 is 0 Å². The third kappa shape index (κ3) is 2.86. The number of rotatable bonds is 2. The van der Waals surface area contributed by atoms with Crippen LogP contribution in [0.1, 0.15) is 17.2 Å². The molecular formula is C13H7Cl2F3O. The van der Waals surface area contributed by atoms with Crippen molar-refractivity contribution in [2.45, 2.75) is 6.10 Å². The van der Waals surface area contributed by atoms with Gasteiger partial charge >= 0.3 is 0 Å². The van der Waals surface area contributed by atoms with Gasteiger partial charge in [-0.2, -0.15) is 0 Å². The standard InChI is InChI=1S/C13H7Cl2F3O/c14-6-1-2-7(9(15)3-6)13(19)8-4-11(17)12(18)5-10(8)16/h1-5,13,19H. The van der Waals surface area contributed by atoms with E-state index < -0.39 is 29.1 Å². The lowest BCUT2D eigenvalue weighted by Gasteiger charge is -2.14. The van der Waals surface area contributed by atoms with Gasteiger partial charge in [-0.1, -0.05) is 29.3 Å². The summed E-state index contributed by atoms with van der Waals surface area (Å²) in [6, 6.07) is 5.16. The summed E-state index contributed by atoms with van der Waals surface area (Å²) in [4.78, 5) is 0. The summed E-state index contributed by atoms with van der Waals surface area (Å²) in [6.07, 6.45) is -1.51. The maximum atomic E-state index is 13.5. The summed E-state index contributed by atoms with van der Waals surface area (Å²) < 4.78 is 39.5. The lowest BCUT2D eigenvalue weighted by Crippen LogP contribution is -2.05. The van der Waals surface area contributed by atoms with Crippen molar-refractivity contribution in [1.82, 2.24) is 0 Å². The molecule has 0 fully saturated rings. The molecule has 0 amide bonds. The van der Waals surface area contributed by atoms with E-state index in [0.29, 0.717) is 17.2 Å². The van der Waals surface area contributed by atoms with Crippen LogP contribution in [0.4, 0.5) is 13.2 Å². The van der Waals surface area contributed by atoms with Crippen LogP contribution >= 0.6 is 23.2 Å². The predicted octanol–water partition coefficient (Wildman–Crippen LogP) is 4.49. The van der Waals surface area contributed by atoms with Gasteiger partial charge in [-0.15, -0.1) is 0 Å². The second-order valence-electron chi connectivity index (χ2n) is 3.86. The third-order valence-corrected chi connectivity index (χ3v) is 3.15. The molecule has 0 saturated carbocycles. The van der Waals surface area contributed by atoms with Crippen molar-refractivity contribution < 1.29 is 18.3 Å². The summed E-state index contributed by atoms with van der Waals surface area (Å²) in [7, 11) is 0. The molecule has 0 radical (unpaired) electrons. The summed E-state index contributed by atoms with van der Waals surface area (Å²) in [6.45, 7) is 0. The Kier molecular flexibility index (Phi) is 4.04. The topological polar surface area (TPSA) is 20.2 Å². The lowest BCUT2D eigenvalue weighted by atomic mass is 10.0. The van der Waals surface area contributed by atoms with Gasteiger partial charge in [0.2, 0.25) is 0 Å². The zero-order valence-corrected chi connectivity index (χ0v) is 10.8. The van der Waals surface area contributed by atoms with Crippen LogP contribution < -0.4 is 0 Å². The highest BCUT2D eigenvalue weighted by Crippen LogP contribution is 2.32. The van der Waals surface area contributed by atoms with Crippen molar-refractivity contribution in [3.63, 3.8) is 0 Å². The maximum Gasteiger partial charge on any atom is 0.161 e. The summed E-state index contributed by atoms with van der Waals surface area (Å²) in [5, 5.41) is 10.4. The Labute approximate surface area is 117 Å². The van der Waals surface area contributed by atoms with Crippen LogP contribution in [-0.4, -0.2) is 5.11 Å². The van der Waals surface area contributed by atoms with E-state index in [1.165, 1.54) is 18.2 Å². The highest BCUT2D eigenvalue weighted by atomic mass is 35.5. The molecule has 100 valence electrons. The largest absolute Gasteiger partial charge is 0.383 e. The lowest BCUT2D eigenvalue weighted by molar-refractivity contribution is 0.214. The Bertz CT molecular complexity index is 632. The molecule has 0 spiro atoms. The van der Waals surface area contributed by atoms with Gasteiger partial charge in [-0.3, -0.25) is 0 Å². The van der Waals surface area contributed by atoms with Gasteiger partial charge in [0, 0.05) is 27.2 Å². The first-order chi connectivity index (χ1) is 8.90. The highest BCUT2D eigenvalue weighted by Gasteiger charge is 2.20. The fourth-order valence-corrected chi connectivity index (χ4v) is 2.15. The molecule has 2 aromatic rings. The number of benzene rings is 2. The van der Waals surface area contributed by atoms with Gasteiger partial charge < -0.3 is 5.11 Å². The van der Waals surface area contributed by atoms with E-state index in [9.17, 15) is 18.3 Å². The molecule has 0 aliphatic rings. The van der Waals surface area contributed by atoms with Crippen molar-refractivity contribution in [1.29, 1.82) is 0 Å². The van der Waals surface area contributed by atoms with Crippen LogP contribution in [0.3, 0.4) is 0 Å². The molecule has 0 aliphatic carbocycles. The number of aliphatic hydroxyl groups is 1. The molecular weight excluding hydrogens is 300 g/mol. The summed E-state index contributed by atoms with van der Waals surface area (Å²) in [5.41, 5.74) is -0.251. The predicted molar refractivity (Wildman–Crippen MR) is 66.8 cm³/mol. The Morgan fingerprint density at radius 2 is 1.47 bits per heavy atom. The van der Waals surface area contributed by atoms with Crippen molar-refractivity contribution >= 4 is 23.2 Å². The number of halogens is 5. The third-order valence-electron chi connectivity index (χ3n) is 2.59. The fourth-order valence-electron chi connectivity index (χ4n) is 1.64. The molecule has 2 aromatic carbocycles. The maximum absolute atomic E-state index is 13.5. The second kappa shape index (κ2) is 5.41. The highest BCUT2D eigenvalue weighted by molar-refractivity contribution is 6.35. The molecule has 1 N–H and O–H groups in total. The molecule has 1 nitrogen and oxygen atoms in total. The van der Waals surface area contributed by atoms with Crippen molar-refractivity contribution in [2.24, 2.45) is 0 Å². The zero-order valence-electron chi connectivity index (χ0n) is 9.30. The molecule has 6 heteroatoms. The van der Waals surface area contributed by atoms with Crippen LogP contribution in [0.15, 0.2) is 30.3 Å². The molecule has 0 bridgehead atoms. The molecule has 0 aliphatic heterocycles. The van der Waals surface area contributed by atoms with Crippen LogP contribution in [0.25, 0.3) is 0 Å². The van der Waals surface area contributed by atoms with Gasteiger partial charge in [-0.25, -0.2) is 13.2 Å². The molecule has 0 aromatic heterocycles. The van der Waals surface area contributed by atoms with Crippen LogP contribution in [0.2, 0.25) is 10.0 Å². The van der Waals surface area contributed by atoms with E-state index in [4.69, 9.17) is 23.2 Å². The minimum absolute atomic E-state index is 0.101. The van der Waals surface area contributed by atoms with Crippen molar-refractivity contribution in [2.75, 3.05) is 0 Å². The first-order valence-corrected chi connectivity index (χ1v) is 5.93. The molecule has 1 unspecified atom stereocenters. The normalized spacial score (nSPS) is 12.5. The number of hydrogen-bond donors (Lipinski definition) is 1. The Morgan fingerprint density at radius 3 is 2.11 bits per heavy atom. The van der Waals surface area contributed by atoms with Gasteiger partial charge in [0.1, 0.15) is 11.9 Å². The Morgan fingerprint density at radius 1 is 0.842 bits per heavy atom. The van der Waals surface area contributed by atoms with Gasteiger partial charge in [-0.05, 0) is 18.2 Å². The van der Waals surface area contributed by atoms with Gasteiger partial charge in [0.05, 0.1) is 0 Å². The van der Waals surface area contributed by atoms with E-state index in [1.54, 1.807) is 0 Å². The first-order valence-electron chi connectivity index (χ1n) is 5.17. The average molecular weight is 307 g/mol. The minimum atomic E-state index is -1.51. The SMILES string of the molecule is OC(c1cc(F)c(F)cc1F)c1ccc(Cl)cc1Cl. The molecule has 2 rings (SSSR count). The smallest absolute Gasteiger partial charge is 0.161 e. The van der Waals surface area contributed by atoms with E-state index in [2.05, 4.69) is 0 Å². The van der Waals surface area contributed by atoms with Crippen LogP contribution in [-0.2, 0) is 0 Å². The van der Waals surface area contributed by atoms with Crippen LogP contribution in [0, 0.1) is 17.5 Å². The monoisotopic (exact) mass is 306 g/mol. The average Bonchev–Trinajstić information content (AvgIpc) is 2.33. The number of hydrogen-bond acceptors (Lipinski definition) is 1. The van der Waals surface area contributed by atoms with Gasteiger partial charge in [0.25, 0.3) is 0 Å². The molecule has 1 atom stereocenters. The van der Waals surface area contributed by atoms with E-state index in [-0.39, 0.29) is 10.6 Å². The second-order valence-corrected chi connectivity index (χ2v) is 4.70. The molecule has 19 heavy (non-hydrogen) atoms. The van der Waals surface area contributed by atoms with Crippen molar-refractivity contribution in [3.05, 3.63) is 69.0 Å². The Balaban J connectivity index is 2.49. The minimum Gasteiger partial charge on any atom is -0.383 e.